The van der Waals surface area contributed by atoms with Crippen LogP contribution in [0.3, 0.4) is 0 Å². The third-order valence-electron chi connectivity index (χ3n) is 8.05. The summed E-state index contributed by atoms with van der Waals surface area (Å²) >= 11 is 5.96. The Morgan fingerprint density at radius 3 is 2.73 bits per heavy atom. The minimum Gasteiger partial charge on any atom is -0.481 e. The van der Waals surface area contributed by atoms with Crippen LogP contribution < -0.4 is 10.5 Å². The zero-order valence-corrected chi connectivity index (χ0v) is 26.9. The van der Waals surface area contributed by atoms with Crippen molar-refractivity contribution in [2.24, 2.45) is 0 Å². The van der Waals surface area contributed by atoms with Crippen molar-refractivity contribution in [3.05, 3.63) is 58.6 Å². The number of anilines is 1. The highest BCUT2D eigenvalue weighted by atomic mass is 35.5. The van der Waals surface area contributed by atoms with Crippen LogP contribution >= 0.6 is 11.6 Å². The standard InChI is InChI=1S/C31H36ClFN4O6Si/c1-41-27-13-25-20(14-35-27)21(15-36(25)17-42-9-10-44(2,3)4)26(38)16-43-31(40)24-8-5-19-11-18(12-28(39)37(19)24)29-23(34)7-6-22(32)30(29)33/h6-7,12-15,19,24H,5,8-11,16-17,34H2,1-4H3/t19?,24-/m0/s1. The van der Waals surface area contributed by atoms with Gasteiger partial charge in [0, 0.05) is 67.5 Å². The number of hydrogen-bond donors (Lipinski definition) is 1. The van der Waals surface area contributed by atoms with Crippen molar-refractivity contribution in [3.8, 4) is 5.88 Å². The van der Waals surface area contributed by atoms with Crippen LogP contribution in [0.15, 0.2) is 36.7 Å². The molecule has 234 valence electrons. The molecule has 13 heteroatoms. The summed E-state index contributed by atoms with van der Waals surface area (Å²) < 4.78 is 33.3. The summed E-state index contributed by atoms with van der Waals surface area (Å²) in [6, 6.07) is 4.40. The lowest BCUT2D eigenvalue weighted by Gasteiger charge is -2.33. The number of fused-ring (bicyclic) bond motifs is 2. The molecule has 4 heterocycles. The van der Waals surface area contributed by atoms with Gasteiger partial charge in [-0.1, -0.05) is 31.2 Å². The molecule has 2 atom stereocenters. The Bertz CT molecular complexity index is 1650. The molecule has 10 nitrogen and oxygen atoms in total. The summed E-state index contributed by atoms with van der Waals surface area (Å²) in [6.45, 7) is 7.16. The molecule has 2 aliphatic rings. The van der Waals surface area contributed by atoms with Crippen LogP contribution in [0.5, 0.6) is 5.88 Å². The maximum Gasteiger partial charge on any atom is 0.329 e. The van der Waals surface area contributed by atoms with Gasteiger partial charge in [0.15, 0.2) is 12.4 Å². The number of ether oxygens (including phenoxy) is 3. The molecule has 1 amide bonds. The van der Waals surface area contributed by atoms with Gasteiger partial charge in [-0.05, 0) is 43.0 Å². The number of benzene rings is 1. The van der Waals surface area contributed by atoms with Crippen LogP contribution in [0.2, 0.25) is 30.7 Å². The number of ketones is 1. The van der Waals surface area contributed by atoms with Gasteiger partial charge in [-0.15, -0.1) is 0 Å². The number of amides is 1. The van der Waals surface area contributed by atoms with Gasteiger partial charge >= 0.3 is 5.97 Å². The Hall–Kier alpha value is -3.74. The van der Waals surface area contributed by atoms with Crippen molar-refractivity contribution >= 4 is 59.5 Å². The Kier molecular flexibility index (Phi) is 9.14. The van der Waals surface area contributed by atoms with Gasteiger partial charge in [0.1, 0.15) is 12.8 Å². The molecule has 2 N–H and O–H groups in total. The lowest BCUT2D eigenvalue weighted by molar-refractivity contribution is -0.152. The Morgan fingerprint density at radius 1 is 1.23 bits per heavy atom. The number of rotatable bonds is 11. The summed E-state index contributed by atoms with van der Waals surface area (Å²) in [4.78, 5) is 45.3. The number of hydrogen-bond acceptors (Lipinski definition) is 8. The smallest absolute Gasteiger partial charge is 0.329 e. The molecule has 0 saturated carbocycles. The van der Waals surface area contributed by atoms with Crippen LogP contribution in [-0.4, -0.2) is 72.6 Å². The SMILES string of the molecule is COc1cc2c(cn1)c(C(=O)COC(=O)[C@@H]1CCC3CC(c4c(N)ccc(Cl)c4F)=CC(=O)N31)cn2COCC[Si](C)(C)C. The van der Waals surface area contributed by atoms with Crippen LogP contribution in [0, 0.1) is 5.82 Å². The Labute approximate surface area is 260 Å². The number of nitrogens with two attached hydrogens (primary N) is 1. The highest BCUT2D eigenvalue weighted by molar-refractivity contribution is 6.76. The van der Waals surface area contributed by atoms with E-state index in [0.29, 0.717) is 53.8 Å². The minimum absolute atomic E-state index is 0.0878. The largest absolute Gasteiger partial charge is 0.481 e. The molecule has 2 aromatic heterocycles. The second-order valence-electron chi connectivity index (χ2n) is 12.3. The van der Waals surface area contributed by atoms with E-state index in [0.717, 1.165) is 6.04 Å². The van der Waals surface area contributed by atoms with E-state index < -0.39 is 44.2 Å². The van der Waals surface area contributed by atoms with Gasteiger partial charge in [0.05, 0.1) is 17.6 Å². The molecular weight excluding hydrogens is 607 g/mol. The molecule has 1 unspecified atom stereocenters. The summed E-state index contributed by atoms with van der Waals surface area (Å²) in [7, 11) is 0.244. The fraction of sp³-hybridized carbons (Fsp3) is 0.419. The molecule has 2 aliphatic heterocycles. The normalized spacial score (nSPS) is 18.4. The van der Waals surface area contributed by atoms with E-state index in [2.05, 4.69) is 24.6 Å². The van der Waals surface area contributed by atoms with Gasteiger partial charge in [-0.25, -0.2) is 14.2 Å². The monoisotopic (exact) mass is 642 g/mol. The van der Waals surface area contributed by atoms with E-state index in [1.54, 1.807) is 18.5 Å². The van der Waals surface area contributed by atoms with E-state index >= 15 is 0 Å². The summed E-state index contributed by atoms with van der Waals surface area (Å²) in [5.41, 5.74) is 7.77. The quantitative estimate of drug-likeness (QED) is 0.0981. The molecule has 3 aromatic rings. The van der Waals surface area contributed by atoms with Crippen LogP contribution in [0.4, 0.5) is 10.1 Å². The van der Waals surface area contributed by atoms with Crippen molar-refractivity contribution in [1.29, 1.82) is 0 Å². The van der Waals surface area contributed by atoms with Crippen molar-refractivity contribution in [1.82, 2.24) is 14.5 Å². The maximum absolute atomic E-state index is 14.8. The van der Waals surface area contributed by atoms with Crippen molar-refractivity contribution in [2.75, 3.05) is 26.1 Å². The number of nitrogen functional groups attached to an aromatic ring is 1. The fourth-order valence-electron chi connectivity index (χ4n) is 5.71. The zero-order valence-electron chi connectivity index (χ0n) is 25.2. The molecular formula is C31H36ClFN4O6Si. The third kappa shape index (κ3) is 6.52. The third-order valence-corrected chi connectivity index (χ3v) is 10.0. The Morgan fingerprint density at radius 2 is 2.00 bits per heavy atom. The molecule has 0 bridgehead atoms. The van der Waals surface area contributed by atoms with E-state index in [1.165, 1.54) is 30.2 Å². The van der Waals surface area contributed by atoms with E-state index in [1.807, 2.05) is 4.57 Å². The first-order valence-corrected chi connectivity index (χ1v) is 18.5. The second kappa shape index (κ2) is 12.7. The van der Waals surface area contributed by atoms with Crippen LogP contribution in [0.1, 0.15) is 35.2 Å². The average Bonchev–Trinajstić information content (AvgIpc) is 3.57. The summed E-state index contributed by atoms with van der Waals surface area (Å²) in [5.74, 6) is -1.82. The number of nitrogens with zero attached hydrogens (tertiary/aromatic N) is 3. The van der Waals surface area contributed by atoms with E-state index in [4.69, 9.17) is 31.5 Å². The molecule has 0 radical (unpaired) electrons. The number of methoxy groups -OCH3 is 1. The fourth-order valence-corrected chi connectivity index (χ4v) is 6.62. The first-order chi connectivity index (χ1) is 20.9. The summed E-state index contributed by atoms with van der Waals surface area (Å²) in [6.07, 6.45) is 5.69. The van der Waals surface area contributed by atoms with Gasteiger partial charge < -0.3 is 29.4 Å². The van der Waals surface area contributed by atoms with Crippen LogP contribution in [-0.2, 0) is 25.8 Å². The number of pyridine rings is 1. The van der Waals surface area contributed by atoms with Crippen molar-refractivity contribution in [3.63, 3.8) is 0 Å². The van der Waals surface area contributed by atoms with Gasteiger partial charge in [0.25, 0.3) is 0 Å². The minimum atomic E-state index is -1.27. The maximum atomic E-state index is 14.8. The summed E-state index contributed by atoms with van der Waals surface area (Å²) in [5, 5.41) is 0.494. The molecule has 5 rings (SSSR count). The molecule has 1 aromatic carbocycles. The highest BCUT2D eigenvalue weighted by Crippen LogP contribution is 2.40. The van der Waals surface area contributed by atoms with Gasteiger partial charge in [-0.2, -0.15) is 0 Å². The van der Waals surface area contributed by atoms with E-state index in [-0.39, 0.29) is 29.0 Å². The average molecular weight is 643 g/mol. The van der Waals surface area contributed by atoms with Gasteiger partial charge in [0.2, 0.25) is 17.6 Å². The van der Waals surface area contributed by atoms with Crippen LogP contribution in [0.25, 0.3) is 16.5 Å². The lowest BCUT2D eigenvalue weighted by Crippen LogP contribution is -2.47. The number of carbonyl (C=O) groups excluding carboxylic acids is 3. The number of carbonyl (C=O) groups is 3. The first kappa shape index (κ1) is 31.7. The second-order valence-corrected chi connectivity index (χ2v) is 18.4. The molecule has 0 aliphatic carbocycles. The van der Waals surface area contributed by atoms with Crippen molar-refractivity contribution < 1.29 is 33.0 Å². The topological polar surface area (TPSA) is 126 Å². The molecule has 1 saturated heterocycles. The predicted molar refractivity (Wildman–Crippen MR) is 168 cm³/mol. The van der Waals surface area contributed by atoms with E-state index in [9.17, 15) is 18.8 Å². The lowest BCUT2D eigenvalue weighted by atomic mass is 9.92. The first-order valence-electron chi connectivity index (χ1n) is 14.4. The zero-order chi connectivity index (χ0) is 31.8. The molecule has 1 fully saturated rings. The number of halogens is 2. The number of esters is 1. The molecule has 0 spiro atoms. The molecule has 44 heavy (non-hydrogen) atoms. The highest BCUT2D eigenvalue weighted by Gasteiger charge is 2.44. The number of Topliss-reactive ketones (excluding diaryl/α,β-unsaturated/α-hetero) is 1. The van der Waals surface area contributed by atoms with Gasteiger partial charge in [-0.3, -0.25) is 9.59 Å². The Balaban J connectivity index is 1.27. The predicted octanol–water partition coefficient (Wildman–Crippen LogP) is 5.30. The number of aromatic nitrogens is 2. The van der Waals surface area contributed by atoms with Crippen molar-refractivity contribution in [2.45, 2.75) is 63.8 Å².